The minimum Gasteiger partial charge on any atom is -0.397 e. The van der Waals surface area contributed by atoms with Gasteiger partial charge in [-0.2, -0.15) is 0 Å². The predicted molar refractivity (Wildman–Crippen MR) is 76.8 cm³/mol. The molecule has 1 aromatic carbocycles. The Morgan fingerprint density at radius 3 is 2.56 bits per heavy atom. The topological polar surface area (TPSA) is 67.2 Å². The maximum absolute atomic E-state index is 11.5. The van der Waals surface area contributed by atoms with Crippen molar-refractivity contribution in [2.24, 2.45) is 5.41 Å². The van der Waals surface area contributed by atoms with Gasteiger partial charge in [0.2, 0.25) is 0 Å². The highest BCUT2D eigenvalue weighted by atomic mass is 16.1. The number of rotatable bonds is 4. The van der Waals surface area contributed by atoms with Crippen molar-refractivity contribution in [2.45, 2.75) is 27.2 Å². The van der Waals surface area contributed by atoms with Crippen LogP contribution in [-0.4, -0.2) is 19.5 Å². The van der Waals surface area contributed by atoms with Gasteiger partial charge < -0.3 is 16.4 Å². The Morgan fingerprint density at radius 2 is 2.00 bits per heavy atom. The number of nitrogens with one attached hydrogen (secondary N) is 2. The Balaban J connectivity index is 2.73. The number of hydrogen-bond acceptors (Lipinski definition) is 3. The summed E-state index contributed by atoms with van der Waals surface area (Å²) in [6, 6.07) is 5.27. The molecule has 1 rings (SSSR count). The number of carbonyl (C=O) groups is 1. The molecule has 18 heavy (non-hydrogen) atoms. The minimum atomic E-state index is -0.103. The summed E-state index contributed by atoms with van der Waals surface area (Å²) in [5.41, 5.74) is 8.26. The number of nitrogen functional groups attached to an aromatic ring is 1. The summed E-state index contributed by atoms with van der Waals surface area (Å²) in [5, 5.41) is 5.88. The van der Waals surface area contributed by atoms with Crippen molar-refractivity contribution >= 4 is 17.3 Å². The lowest BCUT2D eigenvalue weighted by Crippen LogP contribution is -2.18. The van der Waals surface area contributed by atoms with E-state index in [1.165, 1.54) is 0 Å². The van der Waals surface area contributed by atoms with E-state index < -0.39 is 0 Å². The number of amides is 1. The van der Waals surface area contributed by atoms with Crippen LogP contribution in [0.3, 0.4) is 0 Å². The van der Waals surface area contributed by atoms with E-state index in [9.17, 15) is 4.79 Å². The highest BCUT2D eigenvalue weighted by Gasteiger charge is 2.10. The van der Waals surface area contributed by atoms with Crippen LogP contribution in [0.5, 0.6) is 0 Å². The van der Waals surface area contributed by atoms with Crippen LogP contribution in [0.1, 0.15) is 37.6 Å². The maximum atomic E-state index is 11.5. The van der Waals surface area contributed by atoms with Crippen molar-refractivity contribution in [2.75, 3.05) is 24.6 Å². The zero-order valence-electron chi connectivity index (χ0n) is 11.6. The van der Waals surface area contributed by atoms with Crippen LogP contribution < -0.4 is 16.4 Å². The third-order valence-corrected chi connectivity index (χ3v) is 2.73. The number of nitrogens with two attached hydrogens (primary N) is 1. The molecule has 0 fully saturated rings. The van der Waals surface area contributed by atoms with Gasteiger partial charge in [0.25, 0.3) is 5.91 Å². The molecule has 100 valence electrons. The fourth-order valence-electron chi connectivity index (χ4n) is 1.57. The Morgan fingerprint density at radius 1 is 1.33 bits per heavy atom. The average Bonchev–Trinajstić information content (AvgIpc) is 2.29. The summed E-state index contributed by atoms with van der Waals surface area (Å²) in [6.07, 6.45) is 1.04. The summed E-state index contributed by atoms with van der Waals surface area (Å²) >= 11 is 0. The average molecular weight is 249 g/mol. The number of benzene rings is 1. The monoisotopic (exact) mass is 249 g/mol. The van der Waals surface area contributed by atoms with Crippen LogP contribution in [0.25, 0.3) is 0 Å². The van der Waals surface area contributed by atoms with Crippen molar-refractivity contribution in [1.82, 2.24) is 5.32 Å². The molecular formula is C14H23N3O. The van der Waals surface area contributed by atoms with Crippen LogP contribution in [0.15, 0.2) is 18.2 Å². The van der Waals surface area contributed by atoms with Gasteiger partial charge in [0.1, 0.15) is 0 Å². The van der Waals surface area contributed by atoms with E-state index >= 15 is 0 Å². The van der Waals surface area contributed by atoms with E-state index in [1.54, 1.807) is 25.2 Å². The van der Waals surface area contributed by atoms with Gasteiger partial charge in [0, 0.05) is 19.2 Å². The SMILES string of the molecule is CNC(=O)c1ccc(N)c(NCCC(C)(C)C)c1. The Hall–Kier alpha value is -1.71. The molecule has 4 nitrogen and oxygen atoms in total. The molecule has 0 radical (unpaired) electrons. The largest absolute Gasteiger partial charge is 0.397 e. The zero-order valence-corrected chi connectivity index (χ0v) is 11.6. The van der Waals surface area contributed by atoms with Crippen LogP contribution in [0, 0.1) is 5.41 Å². The van der Waals surface area contributed by atoms with E-state index in [0.29, 0.717) is 11.3 Å². The first-order valence-corrected chi connectivity index (χ1v) is 6.19. The molecule has 0 aliphatic heterocycles. The van der Waals surface area contributed by atoms with E-state index in [0.717, 1.165) is 18.7 Å². The highest BCUT2D eigenvalue weighted by molar-refractivity contribution is 5.96. The zero-order chi connectivity index (χ0) is 13.8. The molecule has 0 saturated carbocycles. The fraction of sp³-hybridized carbons (Fsp3) is 0.500. The van der Waals surface area contributed by atoms with Gasteiger partial charge in [-0.05, 0) is 30.0 Å². The lowest BCUT2D eigenvalue weighted by Gasteiger charge is -2.19. The third-order valence-electron chi connectivity index (χ3n) is 2.73. The summed E-state index contributed by atoms with van der Waals surface area (Å²) in [4.78, 5) is 11.5. The summed E-state index contributed by atoms with van der Waals surface area (Å²) in [6.45, 7) is 7.42. The summed E-state index contributed by atoms with van der Waals surface area (Å²) in [5.74, 6) is -0.103. The standard InChI is InChI=1S/C14H23N3O/c1-14(2,3)7-8-17-12-9-10(13(18)16-4)5-6-11(12)15/h5-6,9,17H,7-8,15H2,1-4H3,(H,16,18). The molecule has 1 amide bonds. The van der Waals surface area contributed by atoms with Gasteiger partial charge in [0.05, 0.1) is 11.4 Å². The molecule has 1 aromatic rings. The van der Waals surface area contributed by atoms with Gasteiger partial charge in [-0.25, -0.2) is 0 Å². The first-order chi connectivity index (χ1) is 8.33. The predicted octanol–water partition coefficient (Wildman–Crippen LogP) is 2.48. The van der Waals surface area contributed by atoms with E-state index in [-0.39, 0.29) is 11.3 Å². The second-order valence-electron chi connectivity index (χ2n) is 5.62. The van der Waals surface area contributed by atoms with E-state index in [1.807, 2.05) is 0 Å². The quantitative estimate of drug-likeness (QED) is 0.718. The molecule has 0 saturated heterocycles. The van der Waals surface area contributed by atoms with Gasteiger partial charge in [-0.1, -0.05) is 20.8 Å². The van der Waals surface area contributed by atoms with Crippen LogP contribution in [0.4, 0.5) is 11.4 Å². The first kappa shape index (κ1) is 14.4. The normalized spacial score (nSPS) is 11.1. The molecule has 0 aliphatic carbocycles. The molecular weight excluding hydrogens is 226 g/mol. The second-order valence-corrected chi connectivity index (χ2v) is 5.62. The van der Waals surface area contributed by atoms with Crippen LogP contribution >= 0.6 is 0 Å². The van der Waals surface area contributed by atoms with Gasteiger partial charge in [-0.3, -0.25) is 4.79 Å². The summed E-state index contributed by atoms with van der Waals surface area (Å²) < 4.78 is 0. The Labute approximate surface area is 109 Å². The van der Waals surface area contributed by atoms with Crippen molar-refractivity contribution in [1.29, 1.82) is 0 Å². The Bertz CT molecular complexity index is 422. The first-order valence-electron chi connectivity index (χ1n) is 6.19. The molecule has 4 N–H and O–H groups in total. The molecule has 0 aromatic heterocycles. The van der Waals surface area contributed by atoms with Gasteiger partial charge >= 0.3 is 0 Å². The molecule has 0 aliphatic rings. The van der Waals surface area contributed by atoms with Crippen molar-refractivity contribution in [3.63, 3.8) is 0 Å². The number of anilines is 2. The van der Waals surface area contributed by atoms with Crippen LogP contribution in [-0.2, 0) is 0 Å². The number of carbonyl (C=O) groups excluding carboxylic acids is 1. The number of hydrogen-bond donors (Lipinski definition) is 3. The van der Waals surface area contributed by atoms with E-state index in [2.05, 4.69) is 31.4 Å². The fourth-order valence-corrected chi connectivity index (χ4v) is 1.57. The second kappa shape index (κ2) is 5.76. The van der Waals surface area contributed by atoms with Gasteiger partial charge in [0.15, 0.2) is 0 Å². The van der Waals surface area contributed by atoms with Crippen molar-refractivity contribution in [3.05, 3.63) is 23.8 Å². The summed E-state index contributed by atoms with van der Waals surface area (Å²) in [7, 11) is 1.62. The van der Waals surface area contributed by atoms with E-state index in [4.69, 9.17) is 5.73 Å². The third kappa shape index (κ3) is 4.28. The van der Waals surface area contributed by atoms with Crippen molar-refractivity contribution < 1.29 is 4.79 Å². The molecule has 4 heteroatoms. The van der Waals surface area contributed by atoms with Crippen LogP contribution in [0.2, 0.25) is 0 Å². The maximum Gasteiger partial charge on any atom is 0.251 e. The lowest BCUT2D eigenvalue weighted by atomic mass is 9.92. The Kier molecular flexibility index (Phi) is 4.59. The minimum absolute atomic E-state index is 0.103. The molecule has 0 bridgehead atoms. The molecule has 0 spiro atoms. The lowest BCUT2D eigenvalue weighted by molar-refractivity contribution is 0.0963. The van der Waals surface area contributed by atoms with Gasteiger partial charge in [-0.15, -0.1) is 0 Å². The highest BCUT2D eigenvalue weighted by Crippen LogP contribution is 2.22. The van der Waals surface area contributed by atoms with Crippen molar-refractivity contribution in [3.8, 4) is 0 Å². The smallest absolute Gasteiger partial charge is 0.251 e. The molecule has 0 heterocycles. The molecule has 0 unspecified atom stereocenters. The molecule has 0 atom stereocenters.